The summed E-state index contributed by atoms with van der Waals surface area (Å²) in [5.74, 6) is -1.97. The Morgan fingerprint density at radius 1 is 1.00 bits per heavy atom. The Morgan fingerprint density at radius 2 is 1.60 bits per heavy atom. The molecular formula is C22H29NO7. The van der Waals surface area contributed by atoms with E-state index in [0.717, 1.165) is 11.8 Å². The predicted octanol–water partition coefficient (Wildman–Crippen LogP) is 2.00. The fraction of sp³-hybridized carbons (Fsp3) is 0.636. The molecule has 0 saturated carbocycles. The average molecular weight is 419 g/mol. The van der Waals surface area contributed by atoms with Crippen LogP contribution in [0.4, 0.5) is 0 Å². The first-order chi connectivity index (χ1) is 14.1. The van der Waals surface area contributed by atoms with Crippen molar-refractivity contribution in [3.63, 3.8) is 0 Å². The number of ether oxygens (including phenoxy) is 5. The maximum absolute atomic E-state index is 12.5. The van der Waals surface area contributed by atoms with Crippen molar-refractivity contribution in [2.24, 2.45) is 0 Å². The number of aldehydes is 1. The number of carbonyl (C=O) groups is 2. The lowest BCUT2D eigenvalue weighted by Gasteiger charge is -2.42. The van der Waals surface area contributed by atoms with E-state index >= 15 is 0 Å². The molecule has 8 nitrogen and oxygen atoms in total. The van der Waals surface area contributed by atoms with Gasteiger partial charge in [-0.1, -0.05) is 30.3 Å². The van der Waals surface area contributed by atoms with Gasteiger partial charge in [-0.15, -0.1) is 0 Å². The molecule has 3 fully saturated rings. The van der Waals surface area contributed by atoms with Crippen LogP contribution in [0.3, 0.4) is 0 Å². The number of hydrogen-bond donors (Lipinski definition) is 0. The van der Waals surface area contributed by atoms with E-state index < -0.39 is 48.3 Å². The molecular weight excluding hydrogens is 390 g/mol. The number of benzene rings is 1. The molecule has 0 radical (unpaired) electrons. The summed E-state index contributed by atoms with van der Waals surface area (Å²) in [5, 5.41) is 0. The minimum absolute atomic E-state index is 0.236. The van der Waals surface area contributed by atoms with Crippen molar-refractivity contribution in [3.8, 4) is 0 Å². The molecule has 1 amide bonds. The van der Waals surface area contributed by atoms with Crippen LogP contribution in [0.5, 0.6) is 0 Å². The maximum atomic E-state index is 12.5. The van der Waals surface area contributed by atoms with E-state index in [-0.39, 0.29) is 12.5 Å². The van der Waals surface area contributed by atoms with Crippen LogP contribution in [-0.4, -0.2) is 65.4 Å². The summed E-state index contributed by atoms with van der Waals surface area (Å²) < 4.78 is 30.4. The van der Waals surface area contributed by atoms with Crippen LogP contribution in [0, 0.1) is 0 Å². The van der Waals surface area contributed by atoms with Crippen LogP contribution in [0.2, 0.25) is 0 Å². The number of amides is 1. The molecule has 6 atom stereocenters. The molecule has 164 valence electrons. The van der Waals surface area contributed by atoms with Crippen molar-refractivity contribution in [1.29, 1.82) is 0 Å². The molecule has 4 rings (SSSR count). The smallest absolute Gasteiger partial charge is 0.220 e. The van der Waals surface area contributed by atoms with Gasteiger partial charge in [0.25, 0.3) is 0 Å². The summed E-state index contributed by atoms with van der Waals surface area (Å²) in [6, 6.07) is 8.63. The third kappa shape index (κ3) is 4.02. The molecule has 0 aromatic heterocycles. The van der Waals surface area contributed by atoms with Gasteiger partial charge >= 0.3 is 0 Å². The van der Waals surface area contributed by atoms with Gasteiger partial charge in [0.1, 0.15) is 36.7 Å². The minimum atomic E-state index is -0.879. The lowest BCUT2D eigenvalue weighted by Crippen LogP contribution is -2.62. The van der Waals surface area contributed by atoms with Gasteiger partial charge < -0.3 is 33.4 Å². The molecule has 0 spiro atoms. The number of rotatable bonds is 5. The van der Waals surface area contributed by atoms with Crippen LogP contribution < -0.4 is 0 Å². The van der Waals surface area contributed by atoms with E-state index in [1.165, 1.54) is 11.8 Å². The molecule has 0 aliphatic carbocycles. The Balaban J connectivity index is 1.65. The van der Waals surface area contributed by atoms with E-state index in [2.05, 4.69) is 0 Å². The van der Waals surface area contributed by atoms with E-state index in [4.69, 9.17) is 23.7 Å². The van der Waals surface area contributed by atoms with Gasteiger partial charge in [-0.25, -0.2) is 0 Å². The average Bonchev–Trinajstić information content (AvgIpc) is 3.16. The Kier molecular flexibility index (Phi) is 5.48. The Labute approximate surface area is 176 Å². The molecule has 0 unspecified atom stereocenters. The first-order valence-corrected chi connectivity index (χ1v) is 10.2. The fourth-order valence-electron chi connectivity index (χ4n) is 4.45. The van der Waals surface area contributed by atoms with E-state index in [0.29, 0.717) is 0 Å². The van der Waals surface area contributed by atoms with Gasteiger partial charge in [0, 0.05) is 13.5 Å². The van der Waals surface area contributed by atoms with Crippen LogP contribution in [-0.2, 0) is 39.8 Å². The van der Waals surface area contributed by atoms with Gasteiger partial charge in [0.15, 0.2) is 17.9 Å². The molecule has 30 heavy (non-hydrogen) atoms. The quantitative estimate of drug-likeness (QED) is 0.675. The summed E-state index contributed by atoms with van der Waals surface area (Å²) in [5.41, 5.74) is 0.912. The SMILES string of the molecule is CC(=O)N(Cc1ccccc1)[C@H](C=O)[C@H]1O[C@@H]2OC(C)(C)O[C@@H]2[C@H]2OC(C)(C)O[C@H]21. The number of hydrogen-bond acceptors (Lipinski definition) is 7. The Bertz CT molecular complexity index is 796. The Hall–Kier alpha value is -1.84. The fourth-order valence-corrected chi connectivity index (χ4v) is 4.45. The van der Waals surface area contributed by atoms with Crippen molar-refractivity contribution >= 4 is 12.2 Å². The summed E-state index contributed by atoms with van der Waals surface area (Å²) >= 11 is 0. The van der Waals surface area contributed by atoms with Crippen molar-refractivity contribution in [1.82, 2.24) is 4.90 Å². The molecule has 1 aromatic carbocycles. The number of carbonyl (C=O) groups excluding carboxylic acids is 2. The second kappa shape index (κ2) is 7.69. The highest BCUT2D eigenvalue weighted by molar-refractivity contribution is 5.78. The van der Waals surface area contributed by atoms with Crippen LogP contribution >= 0.6 is 0 Å². The minimum Gasteiger partial charge on any atom is -0.342 e. The van der Waals surface area contributed by atoms with Crippen molar-refractivity contribution < 1.29 is 33.3 Å². The van der Waals surface area contributed by atoms with Gasteiger partial charge in [-0.05, 0) is 33.3 Å². The lowest BCUT2D eigenvalue weighted by molar-refractivity contribution is -0.243. The number of nitrogens with zero attached hydrogens (tertiary/aromatic N) is 1. The standard InChI is InChI=1S/C22H29NO7/c1-13(25)23(11-14-9-7-6-8-10-14)15(12-24)16-17-18(28-21(2,3)27-17)19-20(26-16)30-22(4,5)29-19/h6-10,12,15-20H,11H2,1-5H3/t15-,16-,17+,18+,19-,20-/m1/s1. The first kappa shape index (κ1) is 21.4. The summed E-state index contributed by atoms with van der Waals surface area (Å²) in [6.07, 6.45) is -2.32. The zero-order valence-corrected chi connectivity index (χ0v) is 17.9. The number of fused-ring (bicyclic) bond motifs is 3. The largest absolute Gasteiger partial charge is 0.342 e. The Morgan fingerprint density at radius 3 is 2.23 bits per heavy atom. The van der Waals surface area contributed by atoms with Crippen molar-refractivity contribution in [2.45, 2.75) is 89.5 Å². The highest BCUT2D eigenvalue weighted by Gasteiger charge is 2.62. The van der Waals surface area contributed by atoms with E-state index in [9.17, 15) is 9.59 Å². The predicted molar refractivity (Wildman–Crippen MR) is 105 cm³/mol. The van der Waals surface area contributed by atoms with E-state index in [1.807, 2.05) is 30.3 Å². The van der Waals surface area contributed by atoms with Gasteiger partial charge in [0.2, 0.25) is 5.91 Å². The molecule has 1 aromatic rings. The second-order valence-electron chi connectivity index (χ2n) is 8.89. The third-order valence-corrected chi connectivity index (χ3v) is 5.63. The summed E-state index contributed by atoms with van der Waals surface area (Å²) in [4.78, 5) is 26.3. The van der Waals surface area contributed by atoms with Crippen LogP contribution in [0.1, 0.15) is 40.2 Å². The van der Waals surface area contributed by atoms with Gasteiger partial charge in [-0.2, -0.15) is 0 Å². The highest BCUT2D eigenvalue weighted by Crippen LogP contribution is 2.45. The molecule has 0 bridgehead atoms. The van der Waals surface area contributed by atoms with Crippen molar-refractivity contribution in [2.75, 3.05) is 0 Å². The molecule has 3 saturated heterocycles. The normalized spacial score (nSPS) is 34.6. The first-order valence-electron chi connectivity index (χ1n) is 10.2. The monoisotopic (exact) mass is 419 g/mol. The zero-order valence-electron chi connectivity index (χ0n) is 17.9. The zero-order chi connectivity index (χ0) is 21.7. The summed E-state index contributed by atoms with van der Waals surface area (Å²) in [6.45, 7) is 8.93. The van der Waals surface area contributed by atoms with Crippen molar-refractivity contribution in [3.05, 3.63) is 35.9 Å². The topological polar surface area (TPSA) is 83.5 Å². The molecule has 0 N–H and O–H groups in total. The van der Waals surface area contributed by atoms with Crippen LogP contribution in [0.25, 0.3) is 0 Å². The molecule has 3 heterocycles. The summed E-state index contributed by atoms with van der Waals surface area (Å²) in [7, 11) is 0. The molecule has 8 heteroatoms. The lowest BCUT2D eigenvalue weighted by atomic mass is 9.93. The third-order valence-electron chi connectivity index (χ3n) is 5.63. The van der Waals surface area contributed by atoms with E-state index in [1.54, 1.807) is 27.7 Å². The van der Waals surface area contributed by atoms with Crippen LogP contribution in [0.15, 0.2) is 30.3 Å². The molecule has 3 aliphatic heterocycles. The van der Waals surface area contributed by atoms with Gasteiger partial charge in [0.05, 0.1) is 0 Å². The van der Waals surface area contributed by atoms with Gasteiger partial charge in [-0.3, -0.25) is 4.79 Å². The second-order valence-corrected chi connectivity index (χ2v) is 8.89. The molecule has 3 aliphatic rings. The highest BCUT2D eigenvalue weighted by atomic mass is 16.9. The maximum Gasteiger partial charge on any atom is 0.220 e.